The van der Waals surface area contributed by atoms with Gasteiger partial charge in [-0.2, -0.15) is 0 Å². The number of carbonyl (C=O) groups excluding carboxylic acids is 1. The van der Waals surface area contributed by atoms with Crippen molar-refractivity contribution in [3.8, 4) is 5.75 Å². The van der Waals surface area contributed by atoms with Gasteiger partial charge in [0, 0.05) is 0 Å². The second kappa shape index (κ2) is 5.43. The van der Waals surface area contributed by atoms with Crippen molar-refractivity contribution in [2.45, 2.75) is 0 Å². The zero-order chi connectivity index (χ0) is 12.3. The molecule has 4 nitrogen and oxygen atoms in total. The number of nitrogens with zero attached hydrogens (tertiary/aromatic N) is 2. The number of amides is 1. The SMILES string of the molecule is COc1ccc(N2CCN([C](=O)[Fe])CC2)cc1. The van der Waals surface area contributed by atoms with Crippen LogP contribution in [0.25, 0.3) is 0 Å². The van der Waals surface area contributed by atoms with Crippen LogP contribution in [-0.4, -0.2) is 43.0 Å². The van der Waals surface area contributed by atoms with Crippen molar-refractivity contribution in [2.75, 3.05) is 38.2 Å². The van der Waals surface area contributed by atoms with Crippen LogP contribution in [-0.2, 0) is 16.0 Å². The van der Waals surface area contributed by atoms with E-state index in [2.05, 4.69) is 20.9 Å². The zero-order valence-electron chi connectivity index (χ0n) is 9.70. The molecule has 1 aliphatic heterocycles. The van der Waals surface area contributed by atoms with E-state index < -0.39 is 0 Å². The Labute approximate surface area is 109 Å². The predicted molar refractivity (Wildman–Crippen MR) is 62.2 cm³/mol. The Bertz CT molecular complexity index is 386. The van der Waals surface area contributed by atoms with Crippen LogP contribution in [0.4, 0.5) is 10.5 Å². The van der Waals surface area contributed by atoms with Gasteiger partial charge in [-0.25, -0.2) is 0 Å². The molecule has 17 heavy (non-hydrogen) atoms. The van der Waals surface area contributed by atoms with E-state index in [-0.39, 0.29) is 4.81 Å². The summed E-state index contributed by atoms with van der Waals surface area (Å²) in [5, 5.41) is 0. The van der Waals surface area contributed by atoms with E-state index in [0.717, 1.165) is 31.9 Å². The maximum atomic E-state index is 11.1. The second-order valence-electron chi connectivity index (χ2n) is 3.91. The van der Waals surface area contributed by atoms with Crippen LogP contribution in [0.5, 0.6) is 5.75 Å². The Morgan fingerprint density at radius 2 is 1.76 bits per heavy atom. The van der Waals surface area contributed by atoms with Crippen LogP contribution in [0.2, 0.25) is 0 Å². The number of ether oxygens (including phenoxy) is 1. The monoisotopic (exact) mass is 275 g/mol. The Balaban J connectivity index is 1.97. The van der Waals surface area contributed by atoms with Gasteiger partial charge in [-0.15, -0.1) is 0 Å². The summed E-state index contributed by atoms with van der Waals surface area (Å²) >= 11 is 3.43. The second-order valence-corrected chi connectivity index (χ2v) is 4.39. The first-order chi connectivity index (χ1) is 8.20. The molecule has 0 bridgehead atoms. The molecule has 2 rings (SSSR count). The molecule has 1 aromatic rings. The molecule has 1 saturated heterocycles. The molecule has 0 unspecified atom stereocenters. The van der Waals surface area contributed by atoms with Gasteiger partial charge >= 0.3 is 109 Å². The number of hydrogen-bond donors (Lipinski definition) is 0. The summed E-state index contributed by atoms with van der Waals surface area (Å²) in [5.41, 5.74) is 1.17. The van der Waals surface area contributed by atoms with Crippen LogP contribution in [0.15, 0.2) is 24.3 Å². The predicted octanol–water partition coefficient (Wildman–Crippen LogP) is 1.48. The first kappa shape index (κ1) is 12.3. The van der Waals surface area contributed by atoms with E-state index in [1.54, 1.807) is 12.0 Å². The fraction of sp³-hybridized carbons (Fsp3) is 0.417. The van der Waals surface area contributed by atoms with Gasteiger partial charge in [0.1, 0.15) is 0 Å². The number of rotatable bonds is 2. The molecular formula is C12H15FeN2O2. The van der Waals surface area contributed by atoms with Gasteiger partial charge in [0.2, 0.25) is 0 Å². The molecule has 1 fully saturated rings. The van der Waals surface area contributed by atoms with E-state index in [9.17, 15) is 4.79 Å². The molecule has 1 aromatic carbocycles. The van der Waals surface area contributed by atoms with Crippen molar-refractivity contribution in [3.63, 3.8) is 0 Å². The molecule has 0 aromatic heterocycles. The Morgan fingerprint density at radius 3 is 2.24 bits per heavy atom. The standard InChI is InChI=1S/C12H15N2O2.Fe/c1-16-12-4-2-11(3-5-12)14-8-6-13(10-15)7-9-14;/h2-5H,6-9H2,1H3;. The van der Waals surface area contributed by atoms with E-state index in [1.807, 2.05) is 24.3 Å². The first-order valence-corrected chi connectivity index (χ1v) is 6.08. The number of carbonyl (C=O) groups is 1. The minimum absolute atomic E-state index is 0.0839. The number of piperazine rings is 1. The van der Waals surface area contributed by atoms with Crippen molar-refractivity contribution < 1.29 is 25.5 Å². The third-order valence-electron chi connectivity index (χ3n) is 2.96. The summed E-state index contributed by atoms with van der Waals surface area (Å²) in [5.74, 6) is 0.861. The van der Waals surface area contributed by atoms with Crippen molar-refractivity contribution in [1.82, 2.24) is 4.90 Å². The van der Waals surface area contributed by atoms with Crippen LogP contribution < -0.4 is 9.64 Å². The number of anilines is 1. The molecular weight excluding hydrogens is 260 g/mol. The van der Waals surface area contributed by atoms with Crippen LogP contribution in [0, 0.1) is 0 Å². The van der Waals surface area contributed by atoms with Crippen molar-refractivity contribution >= 4 is 10.5 Å². The van der Waals surface area contributed by atoms with E-state index in [1.165, 1.54) is 5.69 Å². The molecule has 0 spiro atoms. The summed E-state index contributed by atoms with van der Waals surface area (Å²) < 4.78 is 5.13. The van der Waals surface area contributed by atoms with Crippen LogP contribution in [0.1, 0.15) is 0 Å². The average Bonchev–Trinajstić information content (AvgIpc) is 2.39. The van der Waals surface area contributed by atoms with Gasteiger partial charge in [0.05, 0.1) is 0 Å². The van der Waals surface area contributed by atoms with E-state index in [0.29, 0.717) is 0 Å². The number of hydrogen-bond acceptors (Lipinski definition) is 3. The van der Waals surface area contributed by atoms with Crippen LogP contribution >= 0.6 is 0 Å². The fourth-order valence-corrected chi connectivity index (χ4v) is 2.17. The minimum atomic E-state index is -0.0839. The molecule has 93 valence electrons. The van der Waals surface area contributed by atoms with Crippen LogP contribution in [0.3, 0.4) is 0 Å². The Kier molecular flexibility index (Phi) is 3.92. The topological polar surface area (TPSA) is 32.8 Å². The van der Waals surface area contributed by atoms with Gasteiger partial charge in [-0.05, 0) is 0 Å². The molecule has 0 N–H and O–H groups in total. The van der Waals surface area contributed by atoms with E-state index in [4.69, 9.17) is 4.74 Å². The van der Waals surface area contributed by atoms with Gasteiger partial charge in [0.25, 0.3) is 0 Å². The van der Waals surface area contributed by atoms with Crippen molar-refractivity contribution in [3.05, 3.63) is 24.3 Å². The summed E-state index contributed by atoms with van der Waals surface area (Å²) in [4.78, 5) is 15.1. The molecule has 0 aliphatic carbocycles. The Hall–Kier alpha value is -1.19. The van der Waals surface area contributed by atoms with Gasteiger partial charge in [0.15, 0.2) is 0 Å². The fourth-order valence-electron chi connectivity index (χ4n) is 1.93. The normalized spacial score (nSPS) is 15.9. The van der Waals surface area contributed by atoms with Crippen molar-refractivity contribution in [2.24, 2.45) is 0 Å². The summed E-state index contributed by atoms with van der Waals surface area (Å²) in [6.45, 7) is 3.20. The summed E-state index contributed by atoms with van der Waals surface area (Å²) in [6.07, 6.45) is 0. The van der Waals surface area contributed by atoms with E-state index >= 15 is 0 Å². The summed E-state index contributed by atoms with van der Waals surface area (Å²) in [7, 11) is 1.66. The first-order valence-electron chi connectivity index (χ1n) is 5.53. The molecule has 0 atom stereocenters. The average molecular weight is 275 g/mol. The Morgan fingerprint density at radius 1 is 1.18 bits per heavy atom. The van der Waals surface area contributed by atoms with Gasteiger partial charge < -0.3 is 0 Å². The number of methoxy groups -OCH3 is 1. The molecule has 1 aliphatic rings. The molecule has 1 amide bonds. The molecule has 5 heteroatoms. The van der Waals surface area contributed by atoms with Gasteiger partial charge in [-0.3, -0.25) is 0 Å². The van der Waals surface area contributed by atoms with Crippen molar-refractivity contribution in [1.29, 1.82) is 0 Å². The summed E-state index contributed by atoms with van der Waals surface area (Å²) in [6, 6.07) is 7.99. The maximum absolute atomic E-state index is 11.1. The molecule has 1 heterocycles. The third-order valence-corrected chi connectivity index (χ3v) is 3.31. The molecule has 0 saturated carbocycles. The third kappa shape index (κ3) is 2.93. The van der Waals surface area contributed by atoms with Gasteiger partial charge in [-0.1, -0.05) is 0 Å². The molecule has 0 radical (unpaired) electrons. The zero-order valence-corrected chi connectivity index (χ0v) is 10.8. The number of benzene rings is 1. The quantitative estimate of drug-likeness (QED) is 0.766.